The standard InChI is InChI=1S/C28H23N5O2/c29-25-8-4-5-9-26(25)30-28(34)22-14-12-21(13-15-22)27-19-33(32-31-27)18-20-10-16-24(17-11-20)35-23-6-2-1-3-7-23/h1-17,19H,18,29H2,(H,30,34). The van der Waals surface area contributed by atoms with Gasteiger partial charge in [-0.05, 0) is 54.1 Å². The molecule has 5 rings (SSSR count). The maximum absolute atomic E-state index is 12.5. The number of nitrogens with two attached hydrogens (primary N) is 1. The van der Waals surface area contributed by atoms with Crippen LogP contribution in [0.15, 0.2) is 109 Å². The normalized spacial score (nSPS) is 10.6. The van der Waals surface area contributed by atoms with Crippen LogP contribution in [0.25, 0.3) is 11.3 Å². The van der Waals surface area contributed by atoms with Crippen molar-refractivity contribution in [2.45, 2.75) is 6.54 Å². The van der Waals surface area contributed by atoms with Crippen LogP contribution in [0, 0.1) is 0 Å². The van der Waals surface area contributed by atoms with Gasteiger partial charge in [0.1, 0.15) is 17.2 Å². The summed E-state index contributed by atoms with van der Waals surface area (Å²) in [5.74, 6) is 1.35. The van der Waals surface area contributed by atoms with Crippen LogP contribution in [0.5, 0.6) is 11.5 Å². The maximum atomic E-state index is 12.5. The van der Waals surface area contributed by atoms with Gasteiger partial charge >= 0.3 is 0 Å². The molecule has 0 unspecified atom stereocenters. The predicted molar refractivity (Wildman–Crippen MR) is 136 cm³/mol. The molecule has 5 aromatic rings. The van der Waals surface area contributed by atoms with Gasteiger partial charge in [-0.15, -0.1) is 5.10 Å². The summed E-state index contributed by atoms with van der Waals surface area (Å²) in [6, 6.07) is 31.9. The van der Waals surface area contributed by atoms with Gasteiger partial charge < -0.3 is 15.8 Å². The number of benzene rings is 4. The minimum absolute atomic E-state index is 0.224. The Kier molecular flexibility index (Phi) is 6.21. The van der Waals surface area contributed by atoms with Crippen molar-refractivity contribution in [1.82, 2.24) is 15.0 Å². The van der Waals surface area contributed by atoms with E-state index in [-0.39, 0.29) is 5.91 Å². The molecule has 0 aliphatic rings. The largest absolute Gasteiger partial charge is 0.457 e. The fraction of sp³-hybridized carbons (Fsp3) is 0.0357. The lowest BCUT2D eigenvalue weighted by Crippen LogP contribution is -2.12. The Morgan fingerprint density at radius 3 is 2.26 bits per heavy atom. The molecule has 0 fully saturated rings. The average Bonchev–Trinajstić information content (AvgIpc) is 3.36. The van der Waals surface area contributed by atoms with E-state index in [1.54, 1.807) is 28.9 Å². The highest BCUT2D eigenvalue weighted by Crippen LogP contribution is 2.23. The molecule has 0 spiro atoms. The summed E-state index contributed by atoms with van der Waals surface area (Å²) in [6.07, 6.45) is 1.88. The summed E-state index contributed by atoms with van der Waals surface area (Å²) in [6.45, 7) is 0.581. The second-order valence-electron chi connectivity index (χ2n) is 7.98. The Morgan fingerprint density at radius 2 is 1.51 bits per heavy atom. The number of carbonyl (C=O) groups excluding carboxylic acids is 1. The summed E-state index contributed by atoms with van der Waals surface area (Å²) in [5.41, 5.74) is 10.2. The smallest absolute Gasteiger partial charge is 0.255 e. The van der Waals surface area contributed by atoms with Gasteiger partial charge in [-0.2, -0.15) is 0 Å². The van der Waals surface area contributed by atoms with Gasteiger partial charge in [-0.3, -0.25) is 4.79 Å². The first-order chi connectivity index (χ1) is 17.1. The fourth-order valence-electron chi connectivity index (χ4n) is 3.58. The lowest BCUT2D eigenvalue weighted by atomic mass is 10.1. The zero-order chi connectivity index (χ0) is 24.0. The number of nitrogens with zero attached hydrogens (tertiary/aromatic N) is 3. The van der Waals surface area contributed by atoms with Gasteiger partial charge in [0.15, 0.2) is 0 Å². The van der Waals surface area contributed by atoms with Crippen molar-refractivity contribution >= 4 is 17.3 Å². The van der Waals surface area contributed by atoms with Gasteiger partial charge in [0.25, 0.3) is 5.91 Å². The molecule has 0 atom stereocenters. The molecular weight excluding hydrogens is 438 g/mol. The monoisotopic (exact) mass is 461 g/mol. The number of nitrogens with one attached hydrogen (secondary N) is 1. The Hall–Kier alpha value is -4.91. The van der Waals surface area contributed by atoms with Crippen LogP contribution in [0.3, 0.4) is 0 Å². The van der Waals surface area contributed by atoms with Crippen LogP contribution in [-0.2, 0) is 6.54 Å². The fourth-order valence-corrected chi connectivity index (χ4v) is 3.58. The number of nitrogen functional groups attached to an aromatic ring is 1. The number of rotatable bonds is 7. The highest BCUT2D eigenvalue weighted by Gasteiger charge is 2.10. The van der Waals surface area contributed by atoms with Crippen molar-refractivity contribution in [1.29, 1.82) is 0 Å². The van der Waals surface area contributed by atoms with Crippen molar-refractivity contribution in [3.63, 3.8) is 0 Å². The number of hydrogen-bond acceptors (Lipinski definition) is 5. The Balaban J connectivity index is 1.21. The van der Waals surface area contributed by atoms with E-state index in [0.29, 0.717) is 23.5 Å². The van der Waals surface area contributed by atoms with Crippen LogP contribution < -0.4 is 15.8 Å². The van der Waals surface area contributed by atoms with Crippen molar-refractivity contribution in [2.24, 2.45) is 0 Å². The second-order valence-corrected chi connectivity index (χ2v) is 7.98. The van der Waals surface area contributed by atoms with Crippen LogP contribution in [-0.4, -0.2) is 20.9 Å². The van der Waals surface area contributed by atoms with Crippen molar-refractivity contribution in [2.75, 3.05) is 11.1 Å². The van der Waals surface area contributed by atoms with E-state index in [1.807, 2.05) is 85.1 Å². The molecule has 0 saturated heterocycles. The first kappa shape index (κ1) is 21.9. The van der Waals surface area contributed by atoms with Gasteiger partial charge in [0, 0.05) is 11.1 Å². The molecule has 0 aliphatic carbocycles. The molecule has 7 nitrogen and oxygen atoms in total. The highest BCUT2D eigenvalue weighted by atomic mass is 16.5. The van der Waals surface area contributed by atoms with Gasteiger partial charge in [-0.25, -0.2) is 4.68 Å². The zero-order valence-electron chi connectivity index (χ0n) is 18.8. The maximum Gasteiger partial charge on any atom is 0.255 e. The molecule has 3 N–H and O–H groups in total. The third kappa shape index (κ3) is 5.36. The number of hydrogen-bond donors (Lipinski definition) is 2. The van der Waals surface area contributed by atoms with Crippen LogP contribution in [0.2, 0.25) is 0 Å². The quantitative estimate of drug-likeness (QED) is 0.307. The third-order valence-electron chi connectivity index (χ3n) is 5.44. The Morgan fingerprint density at radius 1 is 0.829 bits per heavy atom. The lowest BCUT2D eigenvalue weighted by molar-refractivity contribution is 0.102. The molecule has 172 valence electrons. The summed E-state index contributed by atoms with van der Waals surface area (Å²) in [5, 5.41) is 11.4. The lowest BCUT2D eigenvalue weighted by Gasteiger charge is -2.08. The number of para-hydroxylation sites is 3. The average molecular weight is 462 g/mol. The molecule has 0 saturated carbocycles. The molecule has 0 aliphatic heterocycles. The van der Waals surface area contributed by atoms with Gasteiger partial charge in [-0.1, -0.05) is 59.8 Å². The molecule has 1 heterocycles. The van der Waals surface area contributed by atoms with Crippen LogP contribution in [0.4, 0.5) is 11.4 Å². The van der Waals surface area contributed by atoms with Crippen molar-refractivity contribution in [3.05, 3.63) is 120 Å². The molecule has 35 heavy (non-hydrogen) atoms. The molecule has 0 bridgehead atoms. The van der Waals surface area contributed by atoms with Gasteiger partial charge in [0.05, 0.1) is 24.1 Å². The third-order valence-corrected chi connectivity index (χ3v) is 5.44. The first-order valence-electron chi connectivity index (χ1n) is 11.1. The number of ether oxygens (including phenoxy) is 1. The molecule has 1 aromatic heterocycles. The first-order valence-corrected chi connectivity index (χ1v) is 11.1. The minimum atomic E-state index is -0.224. The van der Waals surface area contributed by atoms with Crippen molar-refractivity contribution in [3.8, 4) is 22.8 Å². The summed E-state index contributed by atoms with van der Waals surface area (Å²) in [7, 11) is 0. The van der Waals surface area contributed by atoms with E-state index in [1.165, 1.54) is 0 Å². The summed E-state index contributed by atoms with van der Waals surface area (Å²) < 4.78 is 7.62. The Labute approximate surface area is 202 Å². The second kappa shape index (κ2) is 9.93. The predicted octanol–water partition coefficient (Wildman–Crippen LogP) is 5.62. The summed E-state index contributed by atoms with van der Waals surface area (Å²) in [4.78, 5) is 12.5. The molecule has 1 amide bonds. The van der Waals surface area contributed by atoms with Crippen molar-refractivity contribution < 1.29 is 9.53 Å². The SMILES string of the molecule is Nc1ccccc1NC(=O)c1ccc(-c2cn(Cc3ccc(Oc4ccccc4)cc3)nn2)cc1. The van der Waals surface area contributed by atoms with Gasteiger partial charge in [0.2, 0.25) is 0 Å². The molecule has 7 heteroatoms. The van der Waals surface area contributed by atoms with Crippen LogP contribution >= 0.6 is 0 Å². The van der Waals surface area contributed by atoms with E-state index in [4.69, 9.17) is 10.5 Å². The molecule has 4 aromatic carbocycles. The number of anilines is 2. The number of carbonyl (C=O) groups is 1. The Bertz CT molecular complexity index is 1430. The van der Waals surface area contributed by atoms with Crippen LogP contribution in [0.1, 0.15) is 15.9 Å². The number of aromatic nitrogens is 3. The summed E-state index contributed by atoms with van der Waals surface area (Å²) >= 11 is 0. The molecule has 0 radical (unpaired) electrons. The minimum Gasteiger partial charge on any atom is -0.457 e. The van der Waals surface area contributed by atoms with E-state index in [0.717, 1.165) is 28.3 Å². The van der Waals surface area contributed by atoms with E-state index >= 15 is 0 Å². The highest BCUT2D eigenvalue weighted by molar-refractivity contribution is 6.05. The number of amides is 1. The van der Waals surface area contributed by atoms with E-state index in [9.17, 15) is 4.79 Å². The zero-order valence-corrected chi connectivity index (χ0v) is 18.8. The van der Waals surface area contributed by atoms with E-state index in [2.05, 4.69) is 15.6 Å². The topological polar surface area (TPSA) is 95.1 Å². The van der Waals surface area contributed by atoms with E-state index < -0.39 is 0 Å². The molecular formula is C28H23N5O2.